The van der Waals surface area contributed by atoms with Crippen molar-refractivity contribution in [2.75, 3.05) is 6.61 Å². The van der Waals surface area contributed by atoms with Crippen LogP contribution in [0, 0.1) is 11.7 Å². The summed E-state index contributed by atoms with van der Waals surface area (Å²) in [5.41, 5.74) is 8.11. The number of fused-ring (bicyclic) bond motifs is 1. The van der Waals surface area contributed by atoms with Crippen LogP contribution in [0.1, 0.15) is 27.2 Å². The van der Waals surface area contributed by atoms with Gasteiger partial charge in [-0.05, 0) is 62.1 Å². The van der Waals surface area contributed by atoms with Gasteiger partial charge in [0, 0.05) is 28.9 Å². The molecule has 0 amide bonds. The highest BCUT2D eigenvalue weighted by Gasteiger charge is 2.17. The molecule has 3 aromatic rings. The lowest BCUT2D eigenvalue weighted by molar-refractivity contribution is 0.223. The second-order valence-electron chi connectivity index (χ2n) is 7.64. The van der Waals surface area contributed by atoms with Crippen LogP contribution in [0.4, 0.5) is 4.39 Å². The van der Waals surface area contributed by atoms with E-state index in [1.54, 1.807) is 24.5 Å². The fourth-order valence-electron chi connectivity index (χ4n) is 3.23. The second kappa shape index (κ2) is 7.79. The Morgan fingerprint density at radius 3 is 2.70 bits per heavy atom. The van der Waals surface area contributed by atoms with Gasteiger partial charge in [-0.2, -0.15) is 0 Å². The Bertz CT molecular complexity index is 956. The third kappa shape index (κ3) is 4.93. The van der Waals surface area contributed by atoms with Gasteiger partial charge >= 0.3 is 0 Å². The molecule has 2 heterocycles. The highest BCUT2D eigenvalue weighted by atomic mass is 35.5. The molecule has 0 aliphatic rings. The smallest absolute Gasteiger partial charge is 0.232 e. The number of aromatic nitrogens is 2. The standard InChI is InChI=1S/C21H23ClFN3O/c1-13(10-21(2,3)24)12-27-20-18(22)8-14(11-26-20)16-6-7-25-19-5-4-15(23)9-17(16)19/h4-9,11,13H,10,12,24H2,1-3H3. The van der Waals surface area contributed by atoms with Gasteiger partial charge in [0.25, 0.3) is 0 Å². The minimum Gasteiger partial charge on any atom is -0.476 e. The van der Waals surface area contributed by atoms with Crippen molar-refractivity contribution in [3.63, 3.8) is 0 Å². The van der Waals surface area contributed by atoms with Crippen molar-refractivity contribution in [2.45, 2.75) is 32.7 Å². The quantitative estimate of drug-likeness (QED) is 0.629. The molecule has 2 N–H and O–H groups in total. The normalized spacial score (nSPS) is 13.0. The molecule has 4 nitrogen and oxygen atoms in total. The first-order valence-electron chi connectivity index (χ1n) is 8.85. The molecule has 6 heteroatoms. The number of rotatable bonds is 6. The summed E-state index contributed by atoms with van der Waals surface area (Å²) in [6.07, 6.45) is 4.19. The van der Waals surface area contributed by atoms with Crippen LogP contribution >= 0.6 is 11.6 Å². The summed E-state index contributed by atoms with van der Waals surface area (Å²) in [5, 5.41) is 1.12. The van der Waals surface area contributed by atoms with Crippen LogP contribution in [-0.2, 0) is 0 Å². The Labute approximate surface area is 163 Å². The number of hydrogen-bond acceptors (Lipinski definition) is 4. The molecule has 142 valence electrons. The average Bonchev–Trinajstić information content (AvgIpc) is 2.58. The molecule has 0 spiro atoms. The van der Waals surface area contributed by atoms with Crippen molar-refractivity contribution < 1.29 is 9.13 Å². The Balaban J connectivity index is 1.82. The molecular formula is C21H23ClFN3O. The zero-order valence-electron chi connectivity index (χ0n) is 15.7. The maximum Gasteiger partial charge on any atom is 0.232 e. The predicted octanol–water partition coefficient (Wildman–Crippen LogP) is 5.23. The lowest BCUT2D eigenvalue weighted by Crippen LogP contribution is -2.35. The summed E-state index contributed by atoms with van der Waals surface area (Å²) < 4.78 is 19.4. The number of nitrogens with two attached hydrogens (primary N) is 1. The van der Waals surface area contributed by atoms with E-state index in [1.807, 2.05) is 19.9 Å². The van der Waals surface area contributed by atoms with Crippen molar-refractivity contribution in [1.29, 1.82) is 0 Å². The van der Waals surface area contributed by atoms with Gasteiger partial charge in [0.15, 0.2) is 0 Å². The molecule has 0 bridgehead atoms. The molecule has 0 aliphatic carbocycles. The highest BCUT2D eigenvalue weighted by Crippen LogP contribution is 2.32. The third-order valence-electron chi connectivity index (χ3n) is 4.20. The van der Waals surface area contributed by atoms with Gasteiger partial charge < -0.3 is 10.5 Å². The van der Waals surface area contributed by atoms with E-state index >= 15 is 0 Å². The molecule has 0 saturated carbocycles. The van der Waals surface area contributed by atoms with Crippen LogP contribution in [0.15, 0.2) is 42.7 Å². The van der Waals surface area contributed by atoms with Gasteiger partial charge in [-0.1, -0.05) is 18.5 Å². The molecule has 27 heavy (non-hydrogen) atoms. The van der Waals surface area contributed by atoms with Gasteiger partial charge in [0.05, 0.1) is 12.1 Å². The van der Waals surface area contributed by atoms with E-state index in [2.05, 4.69) is 16.9 Å². The van der Waals surface area contributed by atoms with E-state index in [9.17, 15) is 4.39 Å². The van der Waals surface area contributed by atoms with Crippen LogP contribution in [0.2, 0.25) is 5.02 Å². The van der Waals surface area contributed by atoms with Crippen molar-refractivity contribution in [3.05, 3.63) is 53.6 Å². The van der Waals surface area contributed by atoms with Gasteiger partial charge in [0.2, 0.25) is 5.88 Å². The summed E-state index contributed by atoms with van der Waals surface area (Å²) in [6.45, 7) is 6.54. The minimum absolute atomic E-state index is 0.248. The number of benzene rings is 1. The number of halogens is 2. The van der Waals surface area contributed by atoms with Gasteiger partial charge in [0.1, 0.15) is 10.8 Å². The minimum atomic E-state index is -0.312. The van der Waals surface area contributed by atoms with Crippen molar-refractivity contribution in [2.24, 2.45) is 11.7 Å². The molecule has 1 unspecified atom stereocenters. The zero-order valence-corrected chi connectivity index (χ0v) is 16.4. The van der Waals surface area contributed by atoms with Crippen LogP contribution < -0.4 is 10.5 Å². The molecule has 0 fully saturated rings. The largest absolute Gasteiger partial charge is 0.476 e. The number of nitrogens with zero attached hydrogens (tertiary/aromatic N) is 2. The van der Waals surface area contributed by atoms with Crippen LogP contribution in [-0.4, -0.2) is 22.1 Å². The lowest BCUT2D eigenvalue weighted by Gasteiger charge is -2.23. The monoisotopic (exact) mass is 387 g/mol. The van der Waals surface area contributed by atoms with Crippen molar-refractivity contribution in [3.8, 4) is 17.0 Å². The van der Waals surface area contributed by atoms with E-state index < -0.39 is 0 Å². The fourth-order valence-corrected chi connectivity index (χ4v) is 3.45. The molecular weight excluding hydrogens is 365 g/mol. The lowest BCUT2D eigenvalue weighted by atomic mass is 9.93. The van der Waals surface area contributed by atoms with Gasteiger partial charge in [-0.3, -0.25) is 4.98 Å². The Kier molecular flexibility index (Phi) is 5.63. The zero-order chi connectivity index (χ0) is 19.6. The van der Waals surface area contributed by atoms with E-state index in [0.29, 0.717) is 28.4 Å². The Hall–Kier alpha value is -2.24. The molecule has 1 atom stereocenters. The second-order valence-corrected chi connectivity index (χ2v) is 8.05. The van der Waals surface area contributed by atoms with Crippen LogP contribution in [0.5, 0.6) is 5.88 Å². The first kappa shape index (κ1) is 19.5. The first-order valence-corrected chi connectivity index (χ1v) is 9.22. The Morgan fingerprint density at radius 2 is 2.00 bits per heavy atom. The summed E-state index contributed by atoms with van der Waals surface area (Å²) in [5.74, 6) is 0.342. The molecule has 1 aromatic carbocycles. The topological polar surface area (TPSA) is 61.0 Å². The van der Waals surface area contributed by atoms with Crippen molar-refractivity contribution >= 4 is 22.5 Å². The van der Waals surface area contributed by atoms with E-state index in [4.69, 9.17) is 22.1 Å². The summed E-state index contributed by atoms with van der Waals surface area (Å²) in [4.78, 5) is 8.62. The molecule has 0 aliphatic heterocycles. The van der Waals surface area contributed by atoms with E-state index in [0.717, 1.165) is 17.5 Å². The van der Waals surface area contributed by atoms with Crippen LogP contribution in [0.3, 0.4) is 0 Å². The number of hydrogen-bond donors (Lipinski definition) is 1. The van der Waals surface area contributed by atoms with E-state index in [1.165, 1.54) is 12.1 Å². The SMILES string of the molecule is CC(COc1ncc(-c2ccnc3ccc(F)cc23)cc1Cl)CC(C)(C)N. The molecule has 0 saturated heterocycles. The summed E-state index contributed by atoms with van der Waals surface area (Å²) >= 11 is 6.38. The number of ether oxygens (including phenoxy) is 1. The average molecular weight is 388 g/mol. The highest BCUT2D eigenvalue weighted by molar-refractivity contribution is 6.32. The van der Waals surface area contributed by atoms with Gasteiger partial charge in [-0.25, -0.2) is 9.37 Å². The Morgan fingerprint density at radius 1 is 1.22 bits per heavy atom. The van der Waals surface area contributed by atoms with Crippen molar-refractivity contribution in [1.82, 2.24) is 9.97 Å². The van der Waals surface area contributed by atoms with E-state index in [-0.39, 0.29) is 17.3 Å². The van der Waals surface area contributed by atoms with Crippen LogP contribution in [0.25, 0.3) is 22.0 Å². The maximum atomic E-state index is 13.7. The van der Waals surface area contributed by atoms with Gasteiger partial charge in [-0.15, -0.1) is 0 Å². The summed E-state index contributed by atoms with van der Waals surface area (Å²) in [6, 6.07) is 8.11. The number of pyridine rings is 2. The first-order chi connectivity index (χ1) is 12.7. The molecule has 2 aromatic heterocycles. The predicted molar refractivity (Wildman–Crippen MR) is 107 cm³/mol. The fraction of sp³-hybridized carbons (Fsp3) is 0.333. The summed E-state index contributed by atoms with van der Waals surface area (Å²) in [7, 11) is 0. The third-order valence-corrected chi connectivity index (χ3v) is 4.47. The molecule has 3 rings (SSSR count). The maximum absolute atomic E-state index is 13.7. The molecule has 0 radical (unpaired) electrons.